The van der Waals surface area contributed by atoms with E-state index in [0.717, 1.165) is 11.8 Å². The predicted octanol–water partition coefficient (Wildman–Crippen LogP) is 3.23. The number of rotatable bonds is 8. The van der Waals surface area contributed by atoms with E-state index in [2.05, 4.69) is 65.7 Å². The lowest BCUT2D eigenvalue weighted by atomic mass is 9.84. The highest BCUT2D eigenvalue weighted by molar-refractivity contribution is 4.83. The molecule has 0 aromatic heterocycles. The van der Waals surface area contributed by atoms with Crippen molar-refractivity contribution in [2.24, 2.45) is 17.3 Å². The molecule has 104 valence electrons. The van der Waals surface area contributed by atoms with Crippen molar-refractivity contribution >= 4 is 0 Å². The van der Waals surface area contributed by atoms with Crippen LogP contribution in [-0.2, 0) is 0 Å². The number of hydrogen-bond donors (Lipinski definition) is 1. The lowest BCUT2D eigenvalue weighted by molar-refractivity contribution is 0.123. The Bertz CT molecular complexity index is 187. The number of nitrogens with zero attached hydrogens (tertiary/aromatic N) is 1. The Kier molecular flexibility index (Phi) is 7.34. The van der Waals surface area contributed by atoms with Gasteiger partial charge in [0.15, 0.2) is 0 Å². The molecule has 0 amide bonds. The summed E-state index contributed by atoms with van der Waals surface area (Å²) in [5.41, 5.74) is 0.318. The first-order chi connectivity index (χ1) is 7.69. The maximum absolute atomic E-state index is 3.39. The van der Waals surface area contributed by atoms with Crippen LogP contribution in [0, 0.1) is 17.3 Å². The van der Waals surface area contributed by atoms with E-state index in [1.807, 2.05) is 0 Å². The van der Waals surface area contributed by atoms with Crippen molar-refractivity contribution in [1.29, 1.82) is 0 Å². The monoisotopic (exact) mass is 242 g/mol. The maximum atomic E-state index is 3.39. The summed E-state index contributed by atoms with van der Waals surface area (Å²) in [5, 5.41) is 3.39. The highest BCUT2D eigenvalue weighted by Crippen LogP contribution is 2.23. The van der Waals surface area contributed by atoms with E-state index in [1.165, 1.54) is 19.6 Å². The van der Waals surface area contributed by atoms with Gasteiger partial charge < -0.3 is 10.2 Å². The van der Waals surface area contributed by atoms with E-state index in [1.54, 1.807) is 0 Å². The van der Waals surface area contributed by atoms with Crippen LogP contribution in [-0.4, -0.2) is 37.6 Å². The second-order valence-corrected chi connectivity index (χ2v) is 6.98. The number of nitrogens with one attached hydrogen (secondary N) is 1. The molecule has 0 saturated carbocycles. The fraction of sp³-hybridized carbons (Fsp3) is 1.00. The third-order valence-electron chi connectivity index (χ3n) is 3.48. The zero-order chi connectivity index (χ0) is 13.6. The fourth-order valence-corrected chi connectivity index (χ4v) is 2.34. The van der Waals surface area contributed by atoms with Crippen molar-refractivity contribution in [1.82, 2.24) is 10.2 Å². The zero-order valence-electron chi connectivity index (χ0n) is 13.3. The molecule has 0 saturated heterocycles. The van der Waals surface area contributed by atoms with Crippen LogP contribution < -0.4 is 5.32 Å². The Morgan fingerprint density at radius 2 is 1.35 bits per heavy atom. The molecule has 0 fully saturated rings. The summed E-state index contributed by atoms with van der Waals surface area (Å²) in [6.07, 6.45) is 0. The quantitative estimate of drug-likeness (QED) is 0.703. The van der Waals surface area contributed by atoms with Crippen LogP contribution in [0.4, 0.5) is 0 Å². The molecule has 0 rings (SSSR count). The van der Waals surface area contributed by atoms with E-state index < -0.39 is 0 Å². The molecule has 17 heavy (non-hydrogen) atoms. The standard InChI is InChI=1S/C15H34N2/c1-12(2)9-17(10-13(3)4)11-15(6,7)14(5)16-8/h12-14,16H,9-11H2,1-8H3. The molecule has 0 aliphatic carbocycles. The zero-order valence-corrected chi connectivity index (χ0v) is 13.3. The molecule has 2 heteroatoms. The topological polar surface area (TPSA) is 15.3 Å². The highest BCUT2D eigenvalue weighted by Gasteiger charge is 2.27. The summed E-state index contributed by atoms with van der Waals surface area (Å²) < 4.78 is 0. The number of hydrogen-bond acceptors (Lipinski definition) is 2. The Morgan fingerprint density at radius 3 is 1.65 bits per heavy atom. The highest BCUT2D eigenvalue weighted by atomic mass is 15.1. The van der Waals surface area contributed by atoms with Gasteiger partial charge in [-0.15, -0.1) is 0 Å². The summed E-state index contributed by atoms with van der Waals surface area (Å²) in [4.78, 5) is 2.63. The molecule has 0 bridgehead atoms. The average molecular weight is 242 g/mol. The van der Waals surface area contributed by atoms with E-state index in [4.69, 9.17) is 0 Å². The van der Waals surface area contributed by atoms with Crippen molar-refractivity contribution in [3.8, 4) is 0 Å². The Morgan fingerprint density at radius 1 is 0.941 bits per heavy atom. The van der Waals surface area contributed by atoms with Crippen LogP contribution in [0.5, 0.6) is 0 Å². The van der Waals surface area contributed by atoms with E-state index >= 15 is 0 Å². The molecule has 1 atom stereocenters. The first-order valence-electron chi connectivity index (χ1n) is 7.08. The second kappa shape index (κ2) is 7.38. The lowest BCUT2D eigenvalue weighted by Gasteiger charge is -2.38. The molecule has 1 unspecified atom stereocenters. The molecule has 0 aromatic rings. The van der Waals surface area contributed by atoms with E-state index in [0.29, 0.717) is 11.5 Å². The molecule has 1 N–H and O–H groups in total. The van der Waals surface area contributed by atoms with Gasteiger partial charge in [0.05, 0.1) is 0 Å². The normalized spacial score (nSPS) is 15.0. The van der Waals surface area contributed by atoms with Crippen LogP contribution in [0.3, 0.4) is 0 Å². The molecule has 2 nitrogen and oxygen atoms in total. The Hall–Kier alpha value is -0.0800. The predicted molar refractivity (Wildman–Crippen MR) is 78.4 cm³/mol. The molecular formula is C15H34N2. The van der Waals surface area contributed by atoms with Crippen LogP contribution in [0.1, 0.15) is 48.5 Å². The Balaban J connectivity index is 4.49. The minimum absolute atomic E-state index is 0.318. The lowest BCUT2D eigenvalue weighted by Crippen LogP contribution is -2.47. The summed E-state index contributed by atoms with van der Waals surface area (Å²) in [6, 6.07) is 0.546. The van der Waals surface area contributed by atoms with Crippen molar-refractivity contribution in [3.05, 3.63) is 0 Å². The maximum Gasteiger partial charge on any atom is 0.00991 e. The molecule has 0 aromatic carbocycles. The minimum atomic E-state index is 0.318. The smallest absolute Gasteiger partial charge is 0.00991 e. The average Bonchev–Trinajstić information content (AvgIpc) is 2.13. The van der Waals surface area contributed by atoms with Crippen molar-refractivity contribution < 1.29 is 0 Å². The molecule has 0 radical (unpaired) electrons. The fourth-order valence-electron chi connectivity index (χ4n) is 2.34. The SMILES string of the molecule is CNC(C)C(C)(C)CN(CC(C)C)CC(C)C. The Labute approximate surface area is 109 Å². The first kappa shape index (κ1) is 16.9. The van der Waals surface area contributed by atoms with Crippen molar-refractivity contribution in [2.75, 3.05) is 26.7 Å². The second-order valence-electron chi connectivity index (χ2n) is 6.98. The summed E-state index contributed by atoms with van der Waals surface area (Å²) in [5.74, 6) is 1.49. The van der Waals surface area contributed by atoms with Crippen LogP contribution in [0.2, 0.25) is 0 Å². The molecule has 0 heterocycles. The summed E-state index contributed by atoms with van der Waals surface area (Å²) >= 11 is 0. The molecule has 0 aliphatic heterocycles. The van der Waals surface area contributed by atoms with Gasteiger partial charge in [-0.2, -0.15) is 0 Å². The summed E-state index contributed by atoms with van der Waals surface area (Å²) in [7, 11) is 2.06. The van der Waals surface area contributed by atoms with Gasteiger partial charge in [0.1, 0.15) is 0 Å². The molecular weight excluding hydrogens is 208 g/mol. The van der Waals surface area contributed by atoms with Crippen LogP contribution in [0.15, 0.2) is 0 Å². The van der Waals surface area contributed by atoms with Crippen LogP contribution in [0.25, 0.3) is 0 Å². The summed E-state index contributed by atoms with van der Waals surface area (Å²) in [6.45, 7) is 19.8. The molecule has 0 spiro atoms. The van der Waals surface area contributed by atoms with Crippen molar-refractivity contribution in [3.63, 3.8) is 0 Å². The van der Waals surface area contributed by atoms with Crippen molar-refractivity contribution in [2.45, 2.75) is 54.5 Å². The van der Waals surface area contributed by atoms with Gasteiger partial charge in [-0.1, -0.05) is 41.5 Å². The van der Waals surface area contributed by atoms with Gasteiger partial charge in [0, 0.05) is 25.7 Å². The molecule has 0 aliphatic rings. The minimum Gasteiger partial charge on any atom is -0.317 e. The third kappa shape index (κ3) is 7.05. The van der Waals surface area contributed by atoms with Gasteiger partial charge in [0.25, 0.3) is 0 Å². The largest absolute Gasteiger partial charge is 0.317 e. The van der Waals surface area contributed by atoms with Gasteiger partial charge >= 0.3 is 0 Å². The van der Waals surface area contributed by atoms with Crippen LogP contribution >= 0.6 is 0 Å². The third-order valence-corrected chi connectivity index (χ3v) is 3.48. The van der Waals surface area contributed by atoms with E-state index in [9.17, 15) is 0 Å². The van der Waals surface area contributed by atoms with Gasteiger partial charge in [-0.25, -0.2) is 0 Å². The van der Waals surface area contributed by atoms with Gasteiger partial charge in [-0.05, 0) is 31.2 Å². The van der Waals surface area contributed by atoms with Gasteiger partial charge in [-0.3, -0.25) is 0 Å². The van der Waals surface area contributed by atoms with E-state index in [-0.39, 0.29) is 0 Å². The first-order valence-corrected chi connectivity index (χ1v) is 7.08. The van der Waals surface area contributed by atoms with Gasteiger partial charge in [0.2, 0.25) is 0 Å².